The van der Waals surface area contributed by atoms with Gasteiger partial charge in [-0.2, -0.15) is 0 Å². The summed E-state index contributed by atoms with van der Waals surface area (Å²) in [7, 11) is 1.29. The molecule has 1 aliphatic rings. The van der Waals surface area contributed by atoms with E-state index in [4.69, 9.17) is 14.2 Å². The molecular formula is C28H48O7. The number of carbonyl (C=O) groups excluding carboxylic acids is 3. The Morgan fingerprint density at radius 2 is 1.71 bits per heavy atom. The van der Waals surface area contributed by atoms with Gasteiger partial charge in [0.25, 0.3) is 0 Å². The van der Waals surface area contributed by atoms with E-state index in [-0.39, 0.29) is 35.8 Å². The van der Waals surface area contributed by atoms with Crippen molar-refractivity contribution in [2.75, 3.05) is 13.7 Å². The molecular weight excluding hydrogens is 448 g/mol. The fraction of sp³-hybridized carbons (Fsp3) is 0.821. The third-order valence-electron chi connectivity index (χ3n) is 7.23. The first-order chi connectivity index (χ1) is 16.7. The van der Waals surface area contributed by atoms with Crippen molar-refractivity contribution in [3.05, 3.63) is 12.2 Å². The number of allylic oxidation sites excluding steroid dienone is 2. The molecule has 0 bridgehead atoms. The largest absolute Gasteiger partial charge is 0.467 e. The molecule has 0 aromatic heterocycles. The Bertz CT molecular complexity index is 674. The Balaban J connectivity index is 2.81. The zero-order valence-corrected chi connectivity index (χ0v) is 22.6. The third kappa shape index (κ3) is 11.1. The molecule has 35 heavy (non-hydrogen) atoms. The molecule has 1 unspecified atom stereocenters. The Kier molecular flexibility index (Phi) is 14.9. The molecule has 7 nitrogen and oxygen atoms in total. The molecule has 1 N–H and O–H groups in total. The van der Waals surface area contributed by atoms with Gasteiger partial charge in [0, 0.05) is 25.7 Å². The molecule has 0 aromatic rings. The van der Waals surface area contributed by atoms with Crippen LogP contribution in [0.15, 0.2) is 12.2 Å². The minimum atomic E-state index is -1.43. The van der Waals surface area contributed by atoms with E-state index in [1.807, 2.05) is 0 Å². The number of aliphatic hydroxyl groups is 1. The summed E-state index contributed by atoms with van der Waals surface area (Å²) in [5.41, 5.74) is -1.43. The highest BCUT2D eigenvalue weighted by atomic mass is 16.5. The smallest absolute Gasteiger partial charge is 0.337 e. The minimum Gasteiger partial charge on any atom is -0.467 e. The van der Waals surface area contributed by atoms with Crippen LogP contribution in [-0.2, 0) is 28.6 Å². The summed E-state index contributed by atoms with van der Waals surface area (Å²) in [5, 5.41) is 10.5. The summed E-state index contributed by atoms with van der Waals surface area (Å²) in [4.78, 5) is 35.1. The lowest BCUT2D eigenvalue weighted by molar-refractivity contribution is -0.163. The summed E-state index contributed by atoms with van der Waals surface area (Å²) in [6.07, 6.45) is 14.8. The summed E-state index contributed by atoms with van der Waals surface area (Å²) in [6, 6.07) is 0. The van der Waals surface area contributed by atoms with E-state index in [1.165, 1.54) is 40.2 Å². The van der Waals surface area contributed by atoms with E-state index in [0.717, 1.165) is 32.1 Å². The monoisotopic (exact) mass is 496 g/mol. The van der Waals surface area contributed by atoms with Crippen molar-refractivity contribution < 1.29 is 33.7 Å². The Morgan fingerprint density at radius 1 is 1.00 bits per heavy atom. The van der Waals surface area contributed by atoms with Gasteiger partial charge in [0.2, 0.25) is 0 Å². The number of hydrogen-bond donors (Lipinski definition) is 1. The van der Waals surface area contributed by atoms with Gasteiger partial charge in [-0.3, -0.25) is 9.59 Å². The highest BCUT2D eigenvalue weighted by Crippen LogP contribution is 2.43. The molecule has 0 spiro atoms. The minimum absolute atomic E-state index is 0.115. The van der Waals surface area contributed by atoms with Crippen molar-refractivity contribution in [1.82, 2.24) is 0 Å². The van der Waals surface area contributed by atoms with Crippen molar-refractivity contribution in [3.63, 3.8) is 0 Å². The van der Waals surface area contributed by atoms with E-state index in [0.29, 0.717) is 32.3 Å². The Labute approximate surface area is 212 Å². The maximum atomic E-state index is 11.9. The molecule has 1 fully saturated rings. The van der Waals surface area contributed by atoms with Gasteiger partial charge < -0.3 is 19.3 Å². The number of carbonyl (C=O) groups is 3. The van der Waals surface area contributed by atoms with Crippen molar-refractivity contribution in [3.8, 4) is 0 Å². The van der Waals surface area contributed by atoms with Crippen LogP contribution in [0.5, 0.6) is 0 Å². The summed E-state index contributed by atoms with van der Waals surface area (Å²) < 4.78 is 15.8. The average molecular weight is 497 g/mol. The topological polar surface area (TPSA) is 99.1 Å². The molecule has 5 atom stereocenters. The van der Waals surface area contributed by atoms with Crippen LogP contribution in [0.2, 0.25) is 0 Å². The number of esters is 3. The normalized spacial score (nSPS) is 23.7. The van der Waals surface area contributed by atoms with E-state index in [2.05, 4.69) is 19.1 Å². The summed E-state index contributed by atoms with van der Waals surface area (Å²) in [6.45, 7) is 7.17. The van der Waals surface area contributed by atoms with Crippen molar-refractivity contribution in [2.45, 2.75) is 116 Å². The predicted molar refractivity (Wildman–Crippen MR) is 136 cm³/mol. The number of hydrogen-bond acceptors (Lipinski definition) is 7. The van der Waals surface area contributed by atoms with Crippen LogP contribution in [0.3, 0.4) is 0 Å². The fourth-order valence-electron chi connectivity index (χ4n) is 5.19. The van der Waals surface area contributed by atoms with Gasteiger partial charge >= 0.3 is 17.9 Å². The Morgan fingerprint density at radius 3 is 2.31 bits per heavy atom. The van der Waals surface area contributed by atoms with Gasteiger partial charge in [-0.05, 0) is 50.9 Å². The first kappa shape index (κ1) is 31.1. The molecule has 0 aliphatic heterocycles. The fourth-order valence-corrected chi connectivity index (χ4v) is 5.19. The van der Waals surface area contributed by atoms with Gasteiger partial charge in [0.1, 0.15) is 6.10 Å². The van der Waals surface area contributed by atoms with E-state index >= 15 is 0 Å². The summed E-state index contributed by atoms with van der Waals surface area (Å²) in [5.74, 6) is -0.729. The molecule has 1 saturated carbocycles. The number of ether oxygens (including phenoxy) is 3. The third-order valence-corrected chi connectivity index (χ3v) is 7.23. The average Bonchev–Trinajstić information content (AvgIpc) is 3.14. The van der Waals surface area contributed by atoms with Crippen LogP contribution >= 0.6 is 0 Å². The highest BCUT2D eigenvalue weighted by Gasteiger charge is 2.43. The second-order valence-corrected chi connectivity index (χ2v) is 9.94. The quantitative estimate of drug-likeness (QED) is 0.122. The standard InChI is InChI=1S/C28H48O7/c1-6-8-9-10-11-13-16-24-23(20-34-21(3)29)19-26(35-22(4)30)25(24)17-14-12-15-18-28(32,7-2)27(31)33-5/h13,16,23-26,32H,6-12,14-15,17-20H2,1-5H3/t23-,24-,25+,26+,28?/m0/s1. The van der Waals surface area contributed by atoms with Crippen LogP contribution < -0.4 is 0 Å². The molecule has 0 aromatic carbocycles. The molecule has 1 aliphatic carbocycles. The molecule has 0 saturated heterocycles. The van der Waals surface area contributed by atoms with Crippen molar-refractivity contribution in [1.29, 1.82) is 0 Å². The van der Waals surface area contributed by atoms with Gasteiger partial charge in [-0.25, -0.2) is 4.79 Å². The number of unbranched alkanes of at least 4 members (excludes halogenated alkanes) is 6. The Hall–Kier alpha value is -1.89. The van der Waals surface area contributed by atoms with Gasteiger partial charge in [0.05, 0.1) is 13.7 Å². The molecule has 7 heteroatoms. The van der Waals surface area contributed by atoms with E-state index in [9.17, 15) is 19.5 Å². The second-order valence-electron chi connectivity index (χ2n) is 9.94. The van der Waals surface area contributed by atoms with Crippen LogP contribution in [0.4, 0.5) is 0 Å². The van der Waals surface area contributed by atoms with Gasteiger partial charge in [0.15, 0.2) is 5.60 Å². The van der Waals surface area contributed by atoms with Crippen LogP contribution in [0.1, 0.15) is 105 Å². The SMILES string of the molecule is CCCCCCC=C[C@H]1[C@H](COC(C)=O)C[C@@H](OC(C)=O)[C@@H]1CCCCCC(O)(CC)C(=O)OC. The lowest BCUT2D eigenvalue weighted by Gasteiger charge is -2.25. The van der Waals surface area contributed by atoms with Gasteiger partial charge in [-0.15, -0.1) is 0 Å². The maximum absolute atomic E-state index is 11.9. The number of rotatable bonds is 17. The maximum Gasteiger partial charge on any atom is 0.337 e. The lowest BCUT2D eigenvalue weighted by Crippen LogP contribution is -2.38. The number of methoxy groups -OCH3 is 1. The predicted octanol–water partition coefficient (Wildman–Crippen LogP) is 5.52. The first-order valence-electron chi connectivity index (χ1n) is 13.5. The summed E-state index contributed by atoms with van der Waals surface area (Å²) >= 11 is 0. The molecule has 0 heterocycles. The van der Waals surface area contributed by atoms with E-state index in [1.54, 1.807) is 6.92 Å². The second kappa shape index (κ2) is 16.7. The zero-order chi connectivity index (χ0) is 26.3. The van der Waals surface area contributed by atoms with Gasteiger partial charge in [-0.1, -0.05) is 58.1 Å². The molecule has 202 valence electrons. The van der Waals surface area contributed by atoms with Crippen molar-refractivity contribution in [2.24, 2.45) is 17.8 Å². The lowest BCUT2D eigenvalue weighted by atomic mass is 9.84. The zero-order valence-electron chi connectivity index (χ0n) is 22.6. The van der Waals surface area contributed by atoms with Crippen LogP contribution in [0, 0.1) is 17.8 Å². The van der Waals surface area contributed by atoms with E-state index < -0.39 is 11.6 Å². The van der Waals surface area contributed by atoms with Crippen LogP contribution in [-0.4, -0.2) is 48.4 Å². The van der Waals surface area contributed by atoms with Crippen molar-refractivity contribution >= 4 is 17.9 Å². The van der Waals surface area contributed by atoms with Crippen LogP contribution in [0.25, 0.3) is 0 Å². The molecule has 1 rings (SSSR count). The highest BCUT2D eigenvalue weighted by molar-refractivity contribution is 5.78. The molecule has 0 amide bonds. The molecule has 0 radical (unpaired) electrons. The first-order valence-corrected chi connectivity index (χ1v) is 13.5.